The zero-order valence-corrected chi connectivity index (χ0v) is 11.8. The van der Waals surface area contributed by atoms with Gasteiger partial charge in [-0.05, 0) is 30.7 Å². The van der Waals surface area contributed by atoms with E-state index in [1.165, 1.54) is 0 Å². The number of rotatable bonds is 5. The molecule has 19 heavy (non-hydrogen) atoms. The van der Waals surface area contributed by atoms with Gasteiger partial charge in [-0.2, -0.15) is 0 Å². The van der Waals surface area contributed by atoms with Crippen LogP contribution >= 0.6 is 0 Å². The van der Waals surface area contributed by atoms with Crippen molar-refractivity contribution in [3.63, 3.8) is 0 Å². The molecule has 0 aliphatic rings. The van der Waals surface area contributed by atoms with Crippen LogP contribution in [-0.4, -0.2) is 16.2 Å². The maximum absolute atomic E-state index is 9.35. The fourth-order valence-corrected chi connectivity index (χ4v) is 2.35. The molecule has 1 heterocycles. The molecule has 0 aliphatic carbocycles. The Morgan fingerprint density at radius 3 is 2.47 bits per heavy atom. The lowest BCUT2D eigenvalue weighted by molar-refractivity contribution is 0.188. The predicted octanol–water partition coefficient (Wildman–Crippen LogP) is 3.54. The third kappa shape index (κ3) is 3.24. The Hall–Kier alpha value is -1.61. The highest BCUT2D eigenvalue weighted by atomic mass is 16.5. The topological polar surface area (TPSA) is 42.4 Å². The second kappa shape index (κ2) is 6.02. The van der Waals surface area contributed by atoms with Crippen LogP contribution in [0.3, 0.4) is 0 Å². The van der Waals surface area contributed by atoms with Crippen molar-refractivity contribution in [2.45, 2.75) is 39.9 Å². The molecular formula is C16H21NO2. The van der Waals surface area contributed by atoms with E-state index < -0.39 is 0 Å². The number of benzene rings is 1. The molecule has 0 aliphatic heterocycles. The van der Waals surface area contributed by atoms with Crippen molar-refractivity contribution < 1.29 is 9.84 Å². The van der Waals surface area contributed by atoms with E-state index in [1.807, 2.05) is 24.3 Å². The van der Waals surface area contributed by atoms with Crippen LogP contribution < -0.4 is 4.74 Å². The molecule has 3 nitrogen and oxygen atoms in total. The highest BCUT2D eigenvalue weighted by molar-refractivity contribution is 5.89. The lowest BCUT2D eigenvalue weighted by Gasteiger charge is -2.17. The van der Waals surface area contributed by atoms with Crippen molar-refractivity contribution in [3.05, 3.63) is 36.0 Å². The Morgan fingerprint density at radius 1 is 1.16 bits per heavy atom. The first-order valence-electron chi connectivity index (χ1n) is 6.76. The standard InChI is InChI=1S/C16H21NO2/c1-11(2)8-12(3)19-16-15-7-5-4-6-14(15)13(10-18)9-17-16/h4-7,9,11-12,18H,8,10H2,1-3H3. The van der Waals surface area contributed by atoms with Crippen molar-refractivity contribution >= 4 is 10.8 Å². The Kier molecular flexibility index (Phi) is 4.38. The van der Waals surface area contributed by atoms with E-state index in [4.69, 9.17) is 4.74 Å². The number of hydrogen-bond donors (Lipinski definition) is 1. The first-order valence-corrected chi connectivity index (χ1v) is 6.76. The second-order valence-electron chi connectivity index (χ2n) is 5.35. The molecular weight excluding hydrogens is 238 g/mol. The molecule has 0 saturated carbocycles. The first kappa shape index (κ1) is 13.8. The molecule has 1 N–H and O–H groups in total. The molecule has 1 aromatic carbocycles. The van der Waals surface area contributed by atoms with E-state index in [9.17, 15) is 5.11 Å². The van der Waals surface area contributed by atoms with Gasteiger partial charge in [-0.25, -0.2) is 4.98 Å². The number of fused-ring (bicyclic) bond motifs is 1. The maximum atomic E-state index is 9.35. The Balaban J connectivity index is 2.34. The van der Waals surface area contributed by atoms with Crippen LogP contribution in [0.25, 0.3) is 10.8 Å². The summed E-state index contributed by atoms with van der Waals surface area (Å²) in [5.74, 6) is 1.25. The number of aliphatic hydroxyl groups is 1. The minimum absolute atomic E-state index is 0.00462. The molecule has 3 heteroatoms. The monoisotopic (exact) mass is 259 g/mol. The van der Waals surface area contributed by atoms with Crippen LogP contribution in [0.5, 0.6) is 5.88 Å². The Bertz CT molecular complexity index is 551. The van der Waals surface area contributed by atoms with Crippen molar-refractivity contribution in [3.8, 4) is 5.88 Å². The average molecular weight is 259 g/mol. The van der Waals surface area contributed by atoms with Crippen LogP contribution in [0.2, 0.25) is 0 Å². The van der Waals surface area contributed by atoms with E-state index in [0.29, 0.717) is 11.8 Å². The van der Waals surface area contributed by atoms with Gasteiger partial charge in [0, 0.05) is 17.1 Å². The molecule has 0 radical (unpaired) electrons. The lowest BCUT2D eigenvalue weighted by Crippen LogP contribution is -2.15. The fourth-order valence-electron chi connectivity index (χ4n) is 2.35. The van der Waals surface area contributed by atoms with E-state index >= 15 is 0 Å². The normalized spacial score (nSPS) is 12.9. The van der Waals surface area contributed by atoms with Crippen molar-refractivity contribution in [1.29, 1.82) is 0 Å². The number of pyridine rings is 1. The van der Waals surface area contributed by atoms with Gasteiger partial charge in [-0.1, -0.05) is 32.0 Å². The van der Waals surface area contributed by atoms with E-state index in [2.05, 4.69) is 25.8 Å². The third-order valence-electron chi connectivity index (χ3n) is 3.13. The second-order valence-corrected chi connectivity index (χ2v) is 5.35. The van der Waals surface area contributed by atoms with E-state index in [0.717, 1.165) is 22.8 Å². The summed E-state index contributed by atoms with van der Waals surface area (Å²) in [6.45, 7) is 6.42. The summed E-state index contributed by atoms with van der Waals surface area (Å²) in [5, 5.41) is 11.3. The molecule has 0 saturated heterocycles. The minimum atomic E-state index is -0.00462. The number of aliphatic hydroxyl groups excluding tert-OH is 1. The third-order valence-corrected chi connectivity index (χ3v) is 3.13. The highest BCUT2D eigenvalue weighted by Gasteiger charge is 2.12. The molecule has 1 unspecified atom stereocenters. The van der Waals surface area contributed by atoms with Crippen molar-refractivity contribution in [2.75, 3.05) is 0 Å². The molecule has 102 valence electrons. The van der Waals surface area contributed by atoms with Crippen molar-refractivity contribution in [1.82, 2.24) is 4.98 Å². The molecule has 0 bridgehead atoms. The first-order chi connectivity index (χ1) is 9.11. The fraction of sp³-hybridized carbons (Fsp3) is 0.438. The summed E-state index contributed by atoms with van der Waals surface area (Å²) < 4.78 is 5.95. The largest absolute Gasteiger partial charge is 0.474 e. The molecule has 1 aromatic heterocycles. The molecule has 0 fully saturated rings. The molecule has 2 aromatic rings. The van der Waals surface area contributed by atoms with Gasteiger partial charge in [0.1, 0.15) is 0 Å². The van der Waals surface area contributed by atoms with Gasteiger partial charge in [0.05, 0.1) is 12.7 Å². The van der Waals surface area contributed by atoms with Crippen LogP contribution in [0.1, 0.15) is 32.8 Å². The molecule has 0 amide bonds. The van der Waals surface area contributed by atoms with Crippen LogP contribution in [0.4, 0.5) is 0 Å². The molecule has 0 spiro atoms. The van der Waals surface area contributed by atoms with Crippen molar-refractivity contribution in [2.24, 2.45) is 5.92 Å². The summed E-state index contributed by atoms with van der Waals surface area (Å²) in [4.78, 5) is 4.34. The zero-order chi connectivity index (χ0) is 13.8. The summed E-state index contributed by atoms with van der Waals surface area (Å²) in [6, 6.07) is 7.90. The zero-order valence-electron chi connectivity index (χ0n) is 11.8. The molecule has 1 atom stereocenters. The number of aromatic nitrogens is 1. The maximum Gasteiger partial charge on any atom is 0.221 e. The Labute approximate surface area is 114 Å². The number of ether oxygens (including phenoxy) is 1. The van der Waals surface area contributed by atoms with Gasteiger partial charge >= 0.3 is 0 Å². The van der Waals surface area contributed by atoms with Gasteiger partial charge in [-0.3, -0.25) is 0 Å². The van der Waals surface area contributed by atoms with E-state index in [1.54, 1.807) is 6.20 Å². The SMILES string of the molecule is CC(C)CC(C)Oc1ncc(CO)c2ccccc12. The molecule has 2 rings (SSSR count). The summed E-state index contributed by atoms with van der Waals surface area (Å²) in [7, 11) is 0. The van der Waals surface area contributed by atoms with Gasteiger partial charge < -0.3 is 9.84 Å². The quantitative estimate of drug-likeness (QED) is 0.893. The van der Waals surface area contributed by atoms with Crippen LogP contribution in [0, 0.1) is 5.92 Å². The summed E-state index contributed by atoms with van der Waals surface area (Å²) in [5.41, 5.74) is 0.833. The smallest absolute Gasteiger partial charge is 0.221 e. The van der Waals surface area contributed by atoms with E-state index in [-0.39, 0.29) is 12.7 Å². The van der Waals surface area contributed by atoms with Crippen LogP contribution in [0.15, 0.2) is 30.5 Å². The summed E-state index contributed by atoms with van der Waals surface area (Å²) in [6.07, 6.45) is 2.83. The Morgan fingerprint density at radius 2 is 1.84 bits per heavy atom. The van der Waals surface area contributed by atoms with Gasteiger partial charge in [-0.15, -0.1) is 0 Å². The van der Waals surface area contributed by atoms with Gasteiger partial charge in [0.25, 0.3) is 0 Å². The number of hydrogen-bond acceptors (Lipinski definition) is 3. The summed E-state index contributed by atoms with van der Waals surface area (Å²) >= 11 is 0. The predicted molar refractivity (Wildman–Crippen MR) is 77.2 cm³/mol. The lowest BCUT2D eigenvalue weighted by atomic mass is 10.1. The van der Waals surface area contributed by atoms with Crippen LogP contribution in [-0.2, 0) is 6.61 Å². The number of nitrogens with zero attached hydrogens (tertiary/aromatic N) is 1. The highest BCUT2D eigenvalue weighted by Crippen LogP contribution is 2.27. The van der Waals surface area contributed by atoms with Gasteiger partial charge in [0.15, 0.2) is 0 Å². The minimum Gasteiger partial charge on any atom is -0.474 e. The average Bonchev–Trinajstić information content (AvgIpc) is 2.38. The van der Waals surface area contributed by atoms with Gasteiger partial charge in [0.2, 0.25) is 5.88 Å².